The largest absolute Gasteiger partial charge is 0.354 e. The minimum atomic E-state index is -4.60. The van der Waals surface area contributed by atoms with E-state index in [1.165, 1.54) is 26.8 Å². The third-order valence-corrected chi connectivity index (χ3v) is 4.22. The Morgan fingerprint density at radius 3 is 2.10 bits per heavy atom. The molecule has 3 nitrogen and oxygen atoms in total. The van der Waals surface area contributed by atoms with Gasteiger partial charge in [-0.2, -0.15) is 13.5 Å². The van der Waals surface area contributed by atoms with Gasteiger partial charge in [0, 0.05) is 5.56 Å². The number of nitrogens with one attached hydrogen (secondary N) is 1. The zero-order chi connectivity index (χ0) is 16.5. The second-order valence-electron chi connectivity index (χ2n) is 5.36. The molecule has 0 saturated heterocycles. The van der Waals surface area contributed by atoms with E-state index in [2.05, 4.69) is 0 Å². The van der Waals surface area contributed by atoms with E-state index in [9.17, 15) is 26.6 Å². The molecule has 21 heavy (non-hydrogen) atoms. The molecule has 0 bridgehead atoms. The lowest BCUT2D eigenvalue weighted by Gasteiger charge is -2.33. The zero-order valence-electron chi connectivity index (χ0n) is 11.6. The number of hydrogen-bond donors (Lipinski definition) is 1. The number of benzene rings is 1. The number of carbonyl (C=O) groups is 1. The van der Waals surface area contributed by atoms with Crippen LogP contribution in [-0.2, 0) is 21.6 Å². The molecule has 0 spiro atoms. The summed E-state index contributed by atoms with van der Waals surface area (Å²) in [4.78, 5) is 10.5. The van der Waals surface area contributed by atoms with Crippen LogP contribution < -0.4 is 4.72 Å². The number of alkyl halides is 3. The van der Waals surface area contributed by atoms with Crippen molar-refractivity contribution >= 4 is 17.3 Å². The van der Waals surface area contributed by atoms with Crippen LogP contribution in [0, 0.1) is 5.82 Å². The Balaban J connectivity index is 3.43. The smallest absolute Gasteiger partial charge is 0.296 e. The molecule has 0 aliphatic heterocycles. The molecule has 2 atom stereocenters. The second-order valence-corrected chi connectivity index (χ2v) is 7.33. The molecule has 1 aromatic carbocycles. The van der Waals surface area contributed by atoms with E-state index >= 15 is 0 Å². The highest BCUT2D eigenvalue weighted by molar-refractivity contribution is 7.84. The molecular formula is C13H15F4NO2S. The van der Waals surface area contributed by atoms with Crippen molar-refractivity contribution < 1.29 is 26.6 Å². The predicted molar refractivity (Wildman–Crippen MR) is 71.2 cm³/mol. The van der Waals surface area contributed by atoms with Crippen LogP contribution in [0.15, 0.2) is 24.3 Å². The van der Waals surface area contributed by atoms with Gasteiger partial charge in [0.1, 0.15) is 16.8 Å². The standard InChI is InChI=1S/C13H15F4NO2S/c1-11(2,3)21(20)18-13(17,12(15,16)8-19)9-6-4-5-7-10(9)14/h4-8,18H,1-3H3/t13-,21-/m1/s1. The summed E-state index contributed by atoms with van der Waals surface area (Å²) in [5, 5.41) is 0. The number of rotatable bonds is 5. The van der Waals surface area contributed by atoms with Crippen LogP contribution in [0.4, 0.5) is 17.6 Å². The average molecular weight is 325 g/mol. The van der Waals surface area contributed by atoms with Crippen LogP contribution in [0.1, 0.15) is 26.3 Å². The summed E-state index contributed by atoms with van der Waals surface area (Å²) in [6.45, 7) is 4.24. The third kappa shape index (κ3) is 3.49. The molecule has 0 aliphatic rings. The second kappa shape index (κ2) is 5.84. The van der Waals surface area contributed by atoms with Gasteiger partial charge in [0.15, 0.2) is 6.29 Å². The van der Waals surface area contributed by atoms with Crippen molar-refractivity contribution in [3.8, 4) is 0 Å². The average Bonchev–Trinajstić information content (AvgIpc) is 2.37. The fraction of sp³-hybridized carbons (Fsp3) is 0.462. The summed E-state index contributed by atoms with van der Waals surface area (Å²) in [5.74, 6) is -9.80. The van der Waals surface area contributed by atoms with E-state index in [4.69, 9.17) is 0 Å². The van der Waals surface area contributed by atoms with Gasteiger partial charge >= 0.3 is 5.92 Å². The van der Waals surface area contributed by atoms with Crippen LogP contribution in [-0.4, -0.2) is 21.2 Å². The summed E-state index contributed by atoms with van der Waals surface area (Å²) >= 11 is 0. The van der Waals surface area contributed by atoms with Crippen LogP contribution in [0.5, 0.6) is 0 Å². The van der Waals surface area contributed by atoms with Gasteiger partial charge in [-0.15, -0.1) is 0 Å². The van der Waals surface area contributed by atoms with Crippen molar-refractivity contribution in [3.63, 3.8) is 0 Å². The maximum Gasteiger partial charge on any atom is 0.354 e. The lowest BCUT2D eigenvalue weighted by Crippen LogP contribution is -2.56. The van der Waals surface area contributed by atoms with E-state index in [0.29, 0.717) is 0 Å². The summed E-state index contributed by atoms with van der Waals surface area (Å²) < 4.78 is 68.3. The molecule has 1 rings (SSSR count). The van der Waals surface area contributed by atoms with Gasteiger partial charge < -0.3 is 0 Å². The lowest BCUT2D eigenvalue weighted by atomic mass is 9.99. The minimum Gasteiger partial charge on any atom is -0.296 e. The number of halogens is 4. The van der Waals surface area contributed by atoms with Crippen molar-refractivity contribution in [3.05, 3.63) is 35.6 Å². The van der Waals surface area contributed by atoms with E-state index in [0.717, 1.165) is 18.2 Å². The SMILES string of the molecule is CC(C)(C)[S@@](=O)N[C@](F)(c1ccccc1F)C(F)(F)C=O. The van der Waals surface area contributed by atoms with Crippen molar-refractivity contribution in [2.75, 3.05) is 0 Å². The summed E-state index contributed by atoms with van der Waals surface area (Å²) in [5.41, 5.74) is -1.08. The number of hydrogen-bond acceptors (Lipinski definition) is 2. The number of carbonyl (C=O) groups excluding carboxylic acids is 1. The molecule has 0 aromatic heterocycles. The number of aldehydes is 1. The Labute approximate surface area is 122 Å². The topological polar surface area (TPSA) is 46.2 Å². The Bertz CT molecular complexity index is 559. The quantitative estimate of drug-likeness (QED) is 0.514. The van der Waals surface area contributed by atoms with Gasteiger partial charge in [0.05, 0.1) is 4.75 Å². The molecule has 1 N–H and O–H groups in total. The normalized spacial score (nSPS) is 17.1. The first-order valence-electron chi connectivity index (χ1n) is 5.93. The van der Waals surface area contributed by atoms with Gasteiger partial charge in [0.25, 0.3) is 5.79 Å². The highest BCUT2D eigenvalue weighted by Crippen LogP contribution is 2.40. The van der Waals surface area contributed by atoms with E-state index in [-0.39, 0.29) is 0 Å². The third-order valence-electron chi connectivity index (χ3n) is 2.64. The summed E-state index contributed by atoms with van der Waals surface area (Å²) in [6.07, 6.45) is -0.938. The van der Waals surface area contributed by atoms with Gasteiger partial charge in [-0.3, -0.25) is 4.79 Å². The molecule has 0 radical (unpaired) electrons. The molecular weight excluding hydrogens is 310 g/mol. The predicted octanol–water partition coefficient (Wildman–Crippen LogP) is 2.83. The van der Waals surface area contributed by atoms with Gasteiger partial charge in [0.2, 0.25) is 0 Å². The molecule has 118 valence electrons. The highest BCUT2D eigenvalue weighted by Gasteiger charge is 2.59. The van der Waals surface area contributed by atoms with Crippen LogP contribution in [0.25, 0.3) is 0 Å². The van der Waals surface area contributed by atoms with E-state index < -0.39 is 45.1 Å². The first-order valence-corrected chi connectivity index (χ1v) is 7.08. The minimum absolute atomic E-state index is 0.763. The van der Waals surface area contributed by atoms with Crippen molar-refractivity contribution in [2.45, 2.75) is 37.2 Å². The van der Waals surface area contributed by atoms with Crippen LogP contribution in [0.3, 0.4) is 0 Å². The van der Waals surface area contributed by atoms with Crippen molar-refractivity contribution in [2.24, 2.45) is 0 Å². The van der Waals surface area contributed by atoms with Crippen molar-refractivity contribution in [1.29, 1.82) is 0 Å². The highest BCUT2D eigenvalue weighted by atomic mass is 32.2. The first kappa shape index (κ1) is 17.8. The fourth-order valence-electron chi connectivity index (χ4n) is 1.41. The molecule has 1 aromatic rings. The molecule has 0 amide bonds. The molecule has 0 heterocycles. The maximum absolute atomic E-state index is 14.8. The summed E-state index contributed by atoms with van der Waals surface area (Å²) in [7, 11) is -2.29. The zero-order valence-corrected chi connectivity index (χ0v) is 12.4. The lowest BCUT2D eigenvalue weighted by molar-refractivity contribution is -0.163. The summed E-state index contributed by atoms with van der Waals surface area (Å²) in [6, 6.07) is 3.85. The molecule has 0 aliphatic carbocycles. The Kier molecular flexibility index (Phi) is 4.94. The Morgan fingerprint density at radius 1 is 1.14 bits per heavy atom. The maximum atomic E-state index is 14.8. The monoisotopic (exact) mass is 325 g/mol. The Hall–Kier alpha value is -1.28. The first-order chi connectivity index (χ1) is 9.45. The van der Waals surface area contributed by atoms with Gasteiger partial charge in [-0.1, -0.05) is 18.2 Å². The van der Waals surface area contributed by atoms with Crippen molar-refractivity contribution in [1.82, 2.24) is 4.72 Å². The fourth-order valence-corrected chi connectivity index (χ4v) is 2.21. The molecule has 8 heteroatoms. The van der Waals surface area contributed by atoms with Gasteiger partial charge in [-0.25, -0.2) is 13.0 Å². The van der Waals surface area contributed by atoms with E-state index in [1.54, 1.807) is 4.72 Å². The van der Waals surface area contributed by atoms with Crippen LogP contribution in [0.2, 0.25) is 0 Å². The van der Waals surface area contributed by atoms with E-state index in [1.807, 2.05) is 0 Å². The van der Waals surface area contributed by atoms with Gasteiger partial charge in [-0.05, 0) is 26.8 Å². The molecule has 0 saturated carbocycles. The Morgan fingerprint density at radius 2 is 1.67 bits per heavy atom. The molecule has 0 unspecified atom stereocenters. The molecule has 0 fully saturated rings. The van der Waals surface area contributed by atoms with Crippen LogP contribution >= 0.6 is 0 Å².